The maximum absolute atomic E-state index is 14.0. The number of amides is 3. The van der Waals surface area contributed by atoms with Crippen molar-refractivity contribution in [2.45, 2.75) is 32.4 Å². The Kier molecular flexibility index (Phi) is 10.0. The minimum absolute atomic E-state index is 0.314. The molecule has 2 N–H and O–H groups in total. The Morgan fingerprint density at radius 2 is 1.57 bits per heavy atom. The molecule has 3 aromatic rings. The number of hydrogen-bond donors (Lipinski definition) is 2. The van der Waals surface area contributed by atoms with Crippen molar-refractivity contribution in [3.8, 4) is 23.0 Å². The topological polar surface area (TPSA) is 115 Å². The predicted molar refractivity (Wildman–Crippen MR) is 154 cm³/mol. The molecule has 0 bridgehead atoms. The molecule has 0 aliphatic carbocycles. The summed E-state index contributed by atoms with van der Waals surface area (Å²) in [5.74, 6) is 0.0776. The molecule has 0 radical (unpaired) electrons. The van der Waals surface area contributed by atoms with E-state index in [1.807, 2.05) is 20.8 Å². The lowest BCUT2D eigenvalue weighted by atomic mass is 9.99. The Labute approximate surface area is 238 Å². The number of rotatable bonds is 11. The van der Waals surface area contributed by atoms with Crippen LogP contribution in [0.4, 0.5) is 5.69 Å². The lowest BCUT2D eigenvalue weighted by Crippen LogP contribution is -2.51. The smallest absolute Gasteiger partial charge is 0.261 e. The fraction of sp³-hybridized carbons (Fsp3) is 0.345. The van der Waals surface area contributed by atoms with Crippen molar-refractivity contribution in [3.05, 3.63) is 64.4 Å². The van der Waals surface area contributed by atoms with E-state index in [-0.39, 0.29) is 6.54 Å². The number of ether oxygens (including phenoxy) is 4. The van der Waals surface area contributed by atoms with E-state index in [1.165, 1.54) is 44.7 Å². The second-order valence-electron chi connectivity index (χ2n) is 9.73. The average molecular weight is 570 g/mol. The van der Waals surface area contributed by atoms with E-state index in [0.29, 0.717) is 39.1 Å². The summed E-state index contributed by atoms with van der Waals surface area (Å²) in [6.45, 7) is 5.17. The quantitative estimate of drug-likeness (QED) is 0.356. The highest BCUT2D eigenvalue weighted by molar-refractivity contribution is 7.12. The summed E-state index contributed by atoms with van der Waals surface area (Å²) >= 11 is 1.26. The van der Waals surface area contributed by atoms with Crippen molar-refractivity contribution in [3.63, 3.8) is 0 Å². The van der Waals surface area contributed by atoms with Crippen molar-refractivity contribution < 1.29 is 33.3 Å². The van der Waals surface area contributed by atoms with Crippen LogP contribution in [0.2, 0.25) is 0 Å². The van der Waals surface area contributed by atoms with E-state index in [2.05, 4.69) is 10.6 Å². The zero-order valence-corrected chi connectivity index (χ0v) is 24.5. The molecule has 1 heterocycles. The maximum Gasteiger partial charge on any atom is 0.261 e. The Hall–Kier alpha value is -4.25. The molecule has 0 aliphatic heterocycles. The van der Waals surface area contributed by atoms with Crippen LogP contribution in [0.3, 0.4) is 0 Å². The van der Waals surface area contributed by atoms with Crippen molar-refractivity contribution in [1.82, 2.24) is 10.6 Å². The van der Waals surface area contributed by atoms with E-state index < -0.39 is 29.3 Å². The molecule has 0 saturated heterocycles. The molecule has 1 aromatic heterocycles. The van der Waals surface area contributed by atoms with Gasteiger partial charge in [0.15, 0.2) is 11.5 Å². The molecule has 2 aromatic carbocycles. The molecule has 0 saturated carbocycles. The van der Waals surface area contributed by atoms with Crippen molar-refractivity contribution in [2.75, 3.05) is 39.9 Å². The van der Waals surface area contributed by atoms with Crippen LogP contribution in [0.1, 0.15) is 42.0 Å². The third kappa shape index (κ3) is 7.23. The fourth-order valence-corrected chi connectivity index (χ4v) is 4.69. The molecule has 0 fully saturated rings. The van der Waals surface area contributed by atoms with Gasteiger partial charge in [-0.05, 0) is 62.0 Å². The number of nitrogens with zero attached hydrogens (tertiary/aromatic N) is 1. The largest absolute Gasteiger partial charge is 0.497 e. The Bertz CT molecular complexity index is 1310. The number of carbonyl (C=O) groups is 3. The molecule has 214 valence electrons. The molecule has 10 nitrogen and oxygen atoms in total. The van der Waals surface area contributed by atoms with Gasteiger partial charge in [0.25, 0.3) is 5.91 Å². The summed E-state index contributed by atoms with van der Waals surface area (Å²) < 4.78 is 21.9. The molecule has 1 atom stereocenters. The first-order chi connectivity index (χ1) is 19.0. The summed E-state index contributed by atoms with van der Waals surface area (Å²) in [4.78, 5) is 42.4. The third-order valence-corrected chi connectivity index (χ3v) is 6.62. The van der Waals surface area contributed by atoms with Gasteiger partial charge in [0.1, 0.15) is 11.8 Å². The van der Waals surface area contributed by atoms with E-state index in [9.17, 15) is 14.4 Å². The summed E-state index contributed by atoms with van der Waals surface area (Å²) in [5, 5.41) is 7.42. The molecular weight excluding hydrogens is 534 g/mol. The zero-order chi connectivity index (χ0) is 29.4. The van der Waals surface area contributed by atoms with Crippen LogP contribution in [0, 0.1) is 0 Å². The highest BCUT2D eigenvalue weighted by atomic mass is 32.1. The SMILES string of the molecule is COc1cccc(N(C(=O)CNC(=O)c2cccs2)[C@@H](C(=O)NC(C)(C)C)c2cc(OC)c(OC)c(OC)c2)c1. The molecule has 40 heavy (non-hydrogen) atoms. The lowest BCUT2D eigenvalue weighted by molar-refractivity contribution is -0.127. The summed E-state index contributed by atoms with van der Waals surface area (Å²) in [7, 11) is 5.93. The van der Waals surface area contributed by atoms with Crippen LogP contribution in [0.25, 0.3) is 0 Å². The van der Waals surface area contributed by atoms with Crippen LogP contribution in [-0.4, -0.2) is 58.2 Å². The van der Waals surface area contributed by atoms with E-state index in [0.717, 1.165) is 0 Å². The Balaban J connectivity index is 2.18. The maximum atomic E-state index is 14.0. The van der Waals surface area contributed by atoms with Gasteiger partial charge in [-0.3, -0.25) is 19.3 Å². The molecule has 0 aliphatic rings. The van der Waals surface area contributed by atoms with Crippen molar-refractivity contribution >= 4 is 34.7 Å². The average Bonchev–Trinajstić information content (AvgIpc) is 3.47. The minimum atomic E-state index is -1.19. The van der Waals surface area contributed by atoms with Gasteiger partial charge in [-0.2, -0.15) is 0 Å². The molecule has 11 heteroatoms. The standard InChI is InChI=1S/C29H35N3O7S/c1-29(2,3)31-28(35)25(18-14-21(37-5)26(39-7)22(15-18)38-6)32(19-10-8-11-20(16-19)36-4)24(33)17-30-27(34)23-12-9-13-40-23/h8-16,25H,17H2,1-7H3,(H,30,34)(H,31,35)/t25-/m1/s1. The second kappa shape index (κ2) is 13.2. The van der Waals surface area contributed by atoms with Gasteiger partial charge < -0.3 is 29.6 Å². The van der Waals surface area contributed by atoms with Gasteiger partial charge in [0.2, 0.25) is 17.6 Å². The molecule has 0 unspecified atom stereocenters. The Morgan fingerprint density at radius 3 is 2.10 bits per heavy atom. The number of methoxy groups -OCH3 is 4. The first-order valence-corrected chi connectivity index (χ1v) is 13.3. The summed E-state index contributed by atoms with van der Waals surface area (Å²) in [6, 6.07) is 12.3. The number of nitrogens with one attached hydrogen (secondary N) is 2. The number of anilines is 1. The van der Waals surface area contributed by atoms with Gasteiger partial charge in [0.05, 0.1) is 39.9 Å². The van der Waals surface area contributed by atoms with Crippen molar-refractivity contribution in [1.29, 1.82) is 0 Å². The minimum Gasteiger partial charge on any atom is -0.497 e. The summed E-state index contributed by atoms with van der Waals surface area (Å²) in [5.41, 5.74) is 0.168. The van der Waals surface area contributed by atoms with Crippen LogP contribution in [0.5, 0.6) is 23.0 Å². The normalized spacial score (nSPS) is 11.7. The van der Waals surface area contributed by atoms with Crippen LogP contribution >= 0.6 is 11.3 Å². The van der Waals surface area contributed by atoms with E-state index in [1.54, 1.807) is 53.9 Å². The van der Waals surface area contributed by atoms with Crippen LogP contribution < -0.4 is 34.5 Å². The van der Waals surface area contributed by atoms with Gasteiger partial charge in [-0.25, -0.2) is 0 Å². The predicted octanol–water partition coefficient (Wildman–Crippen LogP) is 4.20. The monoisotopic (exact) mass is 569 g/mol. The van der Waals surface area contributed by atoms with Gasteiger partial charge in [-0.1, -0.05) is 12.1 Å². The van der Waals surface area contributed by atoms with Gasteiger partial charge >= 0.3 is 0 Å². The highest BCUT2D eigenvalue weighted by Crippen LogP contribution is 2.42. The second-order valence-corrected chi connectivity index (χ2v) is 10.7. The molecule has 3 amide bonds. The molecule has 0 spiro atoms. The number of benzene rings is 2. The van der Waals surface area contributed by atoms with E-state index >= 15 is 0 Å². The lowest BCUT2D eigenvalue weighted by Gasteiger charge is -2.34. The number of hydrogen-bond acceptors (Lipinski definition) is 8. The zero-order valence-electron chi connectivity index (χ0n) is 23.7. The third-order valence-electron chi connectivity index (χ3n) is 5.75. The first-order valence-electron chi connectivity index (χ1n) is 12.4. The number of thiophene rings is 1. The van der Waals surface area contributed by atoms with Crippen molar-refractivity contribution in [2.24, 2.45) is 0 Å². The fourth-order valence-electron chi connectivity index (χ4n) is 4.05. The van der Waals surface area contributed by atoms with Crippen LogP contribution in [-0.2, 0) is 9.59 Å². The number of carbonyl (C=O) groups excluding carboxylic acids is 3. The molecular formula is C29H35N3O7S. The molecule has 3 rings (SSSR count). The Morgan fingerprint density at radius 1 is 0.900 bits per heavy atom. The van der Waals surface area contributed by atoms with Gasteiger partial charge in [0, 0.05) is 17.3 Å². The summed E-state index contributed by atoms with van der Waals surface area (Å²) in [6.07, 6.45) is 0. The van der Waals surface area contributed by atoms with Gasteiger partial charge in [-0.15, -0.1) is 11.3 Å². The highest BCUT2D eigenvalue weighted by Gasteiger charge is 2.36. The van der Waals surface area contributed by atoms with Crippen LogP contribution in [0.15, 0.2) is 53.9 Å². The van der Waals surface area contributed by atoms with E-state index in [4.69, 9.17) is 18.9 Å². The first kappa shape index (κ1) is 30.3.